The molecule has 2 aromatic rings. The Morgan fingerprint density at radius 3 is 2.68 bits per heavy atom. The maximum atomic E-state index is 12.1. The largest absolute Gasteiger partial charge is 0.482 e. The Kier molecular flexibility index (Phi) is 7.59. The number of amides is 1. The minimum Gasteiger partial charge on any atom is -0.482 e. The number of ether oxygens (including phenoxy) is 2. The maximum Gasteiger partial charge on any atom is 0.308 e. The Balaban J connectivity index is 1.54. The van der Waals surface area contributed by atoms with Crippen molar-refractivity contribution >= 4 is 52.4 Å². The molecule has 4 N–H and O–H groups in total. The fourth-order valence-corrected chi connectivity index (χ4v) is 3.60. The highest BCUT2D eigenvalue weighted by Gasteiger charge is 2.27. The van der Waals surface area contributed by atoms with Gasteiger partial charge in [0.05, 0.1) is 18.1 Å². The Hall–Kier alpha value is -2.98. The molecule has 1 aromatic heterocycles. The maximum absolute atomic E-state index is 12.1. The summed E-state index contributed by atoms with van der Waals surface area (Å²) in [6.07, 6.45) is 2.62. The summed E-state index contributed by atoms with van der Waals surface area (Å²) in [5.41, 5.74) is 11.6. The molecule has 12 heteroatoms. The molecule has 2 heterocycles. The molecule has 3 rings (SSSR count). The number of anilines is 3. The second-order valence-corrected chi connectivity index (χ2v) is 7.62. The normalized spacial score (nSPS) is 14.1. The van der Waals surface area contributed by atoms with Gasteiger partial charge < -0.3 is 20.1 Å². The fourth-order valence-electron chi connectivity index (χ4n) is 3.13. The number of hydrogen-bond donors (Lipinski definition) is 3. The predicted octanol–water partition coefficient (Wildman–Crippen LogP) is 2.28. The number of esters is 1. The first-order valence-electron chi connectivity index (χ1n) is 9.45. The van der Waals surface area contributed by atoms with Gasteiger partial charge in [-0.15, -0.1) is 0 Å². The van der Waals surface area contributed by atoms with Crippen molar-refractivity contribution < 1.29 is 19.1 Å². The van der Waals surface area contributed by atoms with Crippen molar-refractivity contribution in [1.29, 1.82) is 0 Å². The number of nitrogens with zero attached hydrogens (tertiary/aromatic N) is 3. The highest BCUT2D eigenvalue weighted by Crippen LogP contribution is 2.30. The molecule has 1 aliphatic heterocycles. The standard InChI is InChI=1S/C19H22Cl2N6O4/c1-30-19(29)11-4-6-27(7-5-11)18-16(22)17(23-10-24-18)26-25-15(28)9-31-14-3-2-12(20)8-13(14)21/h2-3,8,10-11H,4-7,9,22H2,1H3,(H,25,28)(H,23,24,26). The minimum atomic E-state index is -0.468. The summed E-state index contributed by atoms with van der Waals surface area (Å²) < 4.78 is 10.2. The number of hydrogen-bond acceptors (Lipinski definition) is 9. The van der Waals surface area contributed by atoms with Gasteiger partial charge in [-0.1, -0.05) is 23.2 Å². The molecular formula is C19H22Cl2N6O4. The summed E-state index contributed by atoms with van der Waals surface area (Å²) in [6.45, 7) is 0.915. The van der Waals surface area contributed by atoms with Crippen molar-refractivity contribution in [3.8, 4) is 5.75 Å². The lowest BCUT2D eigenvalue weighted by Gasteiger charge is -2.32. The summed E-state index contributed by atoms with van der Waals surface area (Å²) in [6, 6.07) is 4.70. The number of piperidine rings is 1. The molecule has 0 aliphatic carbocycles. The van der Waals surface area contributed by atoms with Gasteiger partial charge >= 0.3 is 5.97 Å². The van der Waals surface area contributed by atoms with E-state index >= 15 is 0 Å². The van der Waals surface area contributed by atoms with Crippen LogP contribution < -0.4 is 26.2 Å². The van der Waals surface area contributed by atoms with Crippen LogP contribution in [0.15, 0.2) is 24.5 Å². The molecular weight excluding hydrogens is 447 g/mol. The topological polar surface area (TPSA) is 132 Å². The molecule has 31 heavy (non-hydrogen) atoms. The Labute approximate surface area is 189 Å². The number of halogens is 2. The van der Waals surface area contributed by atoms with Gasteiger partial charge in [0.15, 0.2) is 18.2 Å². The first kappa shape index (κ1) is 22.7. The molecule has 1 amide bonds. The number of hydrazine groups is 1. The van der Waals surface area contributed by atoms with Crippen molar-refractivity contribution in [2.45, 2.75) is 12.8 Å². The van der Waals surface area contributed by atoms with Gasteiger partial charge in [-0.2, -0.15) is 0 Å². The van der Waals surface area contributed by atoms with E-state index in [-0.39, 0.29) is 30.0 Å². The summed E-state index contributed by atoms with van der Waals surface area (Å²) in [5.74, 6) is 0.305. The van der Waals surface area contributed by atoms with Gasteiger partial charge in [-0.3, -0.25) is 20.4 Å². The van der Waals surface area contributed by atoms with Gasteiger partial charge in [-0.25, -0.2) is 9.97 Å². The fraction of sp³-hybridized carbons (Fsp3) is 0.368. The van der Waals surface area contributed by atoms with Crippen molar-refractivity contribution in [3.05, 3.63) is 34.6 Å². The van der Waals surface area contributed by atoms with E-state index in [0.29, 0.717) is 47.5 Å². The van der Waals surface area contributed by atoms with Crippen LogP contribution in [0, 0.1) is 5.92 Å². The van der Waals surface area contributed by atoms with Gasteiger partial charge in [0.1, 0.15) is 17.8 Å². The van der Waals surface area contributed by atoms with E-state index in [9.17, 15) is 9.59 Å². The number of carbonyl (C=O) groups excluding carboxylic acids is 2. The number of nitrogen functional groups attached to an aromatic ring is 1. The van der Waals surface area contributed by atoms with E-state index in [4.69, 9.17) is 38.4 Å². The molecule has 10 nitrogen and oxygen atoms in total. The summed E-state index contributed by atoms with van der Waals surface area (Å²) in [5, 5.41) is 0.766. The number of nitrogens with two attached hydrogens (primary N) is 1. The van der Waals surface area contributed by atoms with Crippen LogP contribution in [0.2, 0.25) is 10.0 Å². The van der Waals surface area contributed by atoms with Gasteiger partial charge in [0.25, 0.3) is 5.91 Å². The van der Waals surface area contributed by atoms with Crippen LogP contribution in [0.1, 0.15) is 12.8 Å². The first-order valence-corrected chi connectivity index (χ1v) is 10.2. The predicted molar refractivity (Wildman–Crippen MR) is 117 cm³/mol. The lowest BCUT2D eigenvalue weighted by molar-refractivity contribution is -0.146. The smallest absolute Gasteiger partial charge is 0.308 e. The van der Waals surface area contributed by atoms with Crippen LogP contribution in [-0.2, 0) is 14.3 Å². The van der Waals surface area contributed by atoms with Gasteiger partial charge in [0.2, 0.25) is 0 Å². The number of rotatable bonds is 7. The number of carbonyl (C=O) groups is 2. The van der Waals surface area contributed by atoms with Gasteiger partial charge in [-0.05, 0) is 31.0 Å². The molecule has 0 spiro atoms. The Morgan fingerprint density at radius 2 is 2.00 bits per heavy atom. The quantitative estimate of drug-likeness (QED) is 0.413. The highest BCUT2D eigenvalue weighted by atomic mass is 35.5. The third-order valence-electron chi connectivity index (χ3n) is 4.76. The molecule has 0 bridgehead atoms. The second kappa shape index (κ2) is 10.4. The lowest BCUT2D eigenvalue weighted by Crippen LogP contribution is -2.38. The molecule has 1 fully saturated rings. The van der Waals surface area contributed by atoms with Crippen molar-refractivity contribution in [2.24, 2.45) is 5.92 Å². The molecule has 1 aromatic carbocycles. The average Bonchev–Trinajstić information content (AvgIpc) is 2.77. The minimum absolute atomic E-state index is 0.129. The molecule has 1 aliphatic rings. The van der Waals surface area contributed by atoms with E-state index in [1.165, 1.54) is 19.5 Å². The monoisotopic (exact) mass is 468 g/mol. The Morgan fingerprint density at radius 1 is 1.26 bits per heavy atom. The molecule has 0 atom stereocenters. The van der Waals surface area contributed by atoms with E-state index in [0.717, 1.165) is 0 Å². The molecule has 0 saturated carbocycles. The van der Waals surface area contributed by atoms with Crippen LogP contribution in [0.3, 0.4) is 0 Å². The third kappa shape index (κ3) is 5.80. The van der Waals surface area contributed by atoms with Crippen LogP contribution in [-0.4, -0.2) is 48.7 Å². The van der Waals surface area contributed by atoms with E-state index in [2.05, 4.69) is 20.8 Å². The SMILES string of the molecule is COC(=O)C1CCN(c2ncnc(NNC(=O)COc3ccc(Cl)cc3Cl)c2N)CC1. The second-order valence-electron chi connectivity index (χ2n) is 6.78. The third-order valence-corrected chi connectivity index (χ3v) is 5.30. The van der Waals surface area contributed by atoms with Crippen LogP contribution in [0.25, 0.3) is 0 Å². The molecule has 166 valence electrons. The van der Waals surface area contributed by atoms with E-state index in [1.54, 1.807) is 12.1 Å². The zero-order valence-electron chi connectivity index (χ0n) is 16.7. The Bertz CT molecular complexity index is 953. The summed E-state index contributed by atoms with van der Waals surface area (Å²) in [4.78, 5) is 34.1. The summed E-state index contributed by atoms with van der Waals surface area (Å²) >= 11 is 11.8. The van der Waals surface area contributed by atoms with Crippen LogP contribution in [0.5, 0.6) is 5.75 Å². The number of methoxy groups -OCH3 is 1. The zero-order valence-corrected chi connectivity index (χ0v) is 18.2. The number of benzene rings is 1. The molecule has 1 saturated heterocycles. The average molecular weight is 469 g/mol. The highest BCUT2D eigenvalue weighted by molar-refractivity contribution is 6.35. The zero-order chi connectivity index (χ0) is 22.4. The molecule has 0 unspecified atom stereocenters. The van der Waals surface area contributed by atoms with E-state index < -0.39 is 5.91 Å². The lowest BCUT2D eigenvalue weighted by atomic mass is 9.97. The summed E-state index contributed by atoms with van der Waals surface area (Å²) in [7, 11) is 1.39. The van der Waals surface area contributed by atoms with E-state index in [1.807, 2.05) is 4.90 Å². The van der Waals surface area contributed by atoms with Crippen LogP contribution in [0.4, 0.5) is 17.3 Å². The van der Waals surface area contributed by atoms with Crippen molar-refractivity contribution in [3.63, 3.8) is 0 Å². The molecule has 0 radical (unpaired) electrons. The van der Waals surface area contributed by atoms with Crippen molar-refractivity contribution in [2.75, 3.05) is 42.9 Å². The first-order chi connectivity index (χ1) is 14.9. The number of nitrogens with one attached hydrogen (secondary N) is 2. The van der Waals surface area contributed by atoms with Crippen LogP contribution >= 0.6 is 23.2 Å². The number of aromatic nitrogens is 2. The van der Waals surface area contributed by atoms with Gasteiger partial charge in [0, 0.05) is 18.1 Å². The van der Waals surface area contributed by atoms with Crippen molar-refractivity contribution in [1.82, 2.24) is 15.4 Å².